The van der Waals surface area contributed by atoms with Crippen LogP contribution in [0.5, 0.6) is 0 Å². The van der Waals surface area contributed by atoms with Gasteiger partial charge in [-0.15, -0.1) is 0 Å². The fourth-order valence-electron chi connectivity index (χ4n) is 2.00. The van der Waals surface area contributed by atoms with Gasteiger partial charge in [-0.3, -0.25) is 24.6 Å². The zero-order valence-electron chi connectivity index (χ0n) is 11.2. The molecule has 1 aliphatic rings. The molecular formula is C12H21N3O3. The average Bonchev–Trinajstić information content (AvgIpc) is 2.36. The van der Waals surface area contributed by atoms with Crippen LogP contribution in [0.1, 0.15) is 27.2 Å². The number of hydrogen-bond donors (Lipinski definition) is 1. The van der Waals surface area contributed by atoms with Crippen molar-refractivity contribution in [3.8, 4) is 0 Å². The SMILES string of the molecule is CCC1NCC(=O)N(CC(=O)N(CC)CC)C1=O. The number of carbonyl (C=O) groups excluding carboxylic acids is 3. The first kappa shape index (κ1) is 14.6. The van der Waals surface area contributed by atoms with Crippen molar-refractivity contribution < 1.29 is 14.4 Å². The van der Waals surface area contributed by atoms with Gasteiger partial charge < -0.3 is 4.90 Å². The number of carbonyl (C=O) groups is 3. The fraction of sp³-hybridized carbons (Fsp3) is 0.750. The lowest BCUT2D eigenvalue weighted by Gasteiger charge is -2.32. The second-order valence-electron chi connectivity index (χ2n) is 4.23. The number of rotatable bonds is 5. The summed E-state index contributed by atoms with van der Waals surface area (Å²) in [6, 6.07) is -0.354. The van der Waals surface area contributed by atoms with Crippen LogP contribution >= 0.6 is 0 Å². The Balaban J connectivity index is 2.71. The summed E-state index contributed by atoms with van der Waals surface area (Å²) in [4.78, 5) is 38.3. The molecular weight excluding hydrogens is 234 g/mol. The highest BCUT2D eigenvalue weighted by Crippen LogP contribution is 2.06. The summed E-state index contributed by atoms with van der Waals surface area (Å²) in [6.07, 6.45) is 0.613. The van der Waals surface area contributed by atoms with E-state index in [9.17, 15) is 14.4 Å². The molecule has 0 radical (unpaired) electrons. The van der Waals surface area contributed by atoms with Crippen molar-refractivity contribution in [1.82, 2.24) is 15.1 Å². The van der Waals surface area contributed by atoms with Crippen LogP contribution in [0.3, 0.4) is 0 Å². The lowest BCUT2D eigenvalue weighted by molar-refractivity contribution is -0.153. The molecule has 0 saturated carbocycles. The van der Waals surface area contributed by atoms with E-state index in [1.807, 2.05) is 20.8 Å². The van der Waals surface area contributed by atoms with Gasteiger partial charge in [-0.2, -0.15) is 0 Å². The molecule has 1 rings (SSSR count). The summed E-state index contributed by atoms with van der Waals surface area (Å²) in [5.74, 6) is -0.807. The van der Waals surface area contributed by atoms with Crippen molar-refractivity contribution in [2.45, 2.75) is 33.2 Å². The minimum atomic E-state index is -0.354. The molecule has 1 N–H and O–H groups in total. The second kappa shape index (κ2) is 6.49. The van der Waals surface area contributed by atoms with Gasteiger partial charge in [0.1, 0.15) is 6.54 Å². The van der Waals surface area contributed by atoms with Crippen LogP contribution in [-0.4, -0.2) is 59.7 Å². The Bertz CT molecular complexity index is 339. The normalized spacial score (nSPS) is 20.2. The third-order valence-electron chi connectivity index (χ3n) is 3.18. The Kier molecular flexibility index (Phi) is 5.27. The van der Waals surface area contributed by atoms with Crippen LogP contribution in [0.2, 0.25) is 0 Å². The zero-order chi connectivity index (χ0) is 13.7. The van der Waals surface area contributed by atoms with Crippen molar-refractivity contribution in [2.24, 2.45) is 0 Å². The molecule has 18 heavy (non-hydrogen) atoms. The van der Waals surface area contributed by atoms with Gasteiger partial charge >= 0.3 is 0 Å². The highest BCUT2D eigenvalue weighted by Gasteiger charge is 2.34. The van der Waals surface area contributed by atoms with Crippen LogP contribution in [0.25, 0.3) is 0 Å². The van der Waals surface area contributed by atoms with E-state index < -0.39 is 0 Å². The first-order valence-corrected chi connectivity index (χ1v) is 6.40. The van der Waals surface area contributed by atoms with Crippen molar-refractivity contribution in [1.29, 1.82) is 0 Å². The van der Waals surface area contributed by atoms with Gasteiger partial charge in [0.05, 0.1) is 12.6 Å². The second-order valence-corrected chi connectivity index (χ2v) is 4.23. The quantitative estimate of drug-likeness (QED) is 0.678. The topological polar surface area (TPSA) is 69.7 Å². The van der Waals surface area contributed by atoms with Crippen LogP contribution in [0.15, 0.2) is 0 Å². The molecule has 1 fully saturated rings. The Morgan fingerprint density at radius 2 is 1.94 bits per heavy atom. The van der Waals surface area contributed by atoms with E-state index in [0.29, 0.717) is 19.5 Å². The van der Waals surface area contributed by atoms with Gasteiger partial charge in [-0.1, -0.05) is 6.92 Å². The van der Waals surface area contributed by atoms with E-state index in [0.717, 1.165) is 4.90 Å². The number of nitrogens with zero attached hydrogens (tertiary/aromatic N) is 2. The van der Waals surface area contributed by atoms with Crippen molar-refractivity contribution in [3.63, 3.8) is 0 Å². The molecule has 0 bridgehead atoms. The molecule has 1 unspecified atom stereocenters. The molecule has 6 nitrogen and oxygen atoms in total. The molecule has 102 valence electrons. The summed E-state index contributed by atoms with van der Waals surface area (Å²) < 4.78 is 0. The maximum absolute atomic E-state index is 12.0. The summed E-state index contributed by atoms with van der Waals surface area (Å²) in [5, 5.41) is 2.86. The first-order valence-electron chi connectivity index (χ1n) is 6.40. The number of piperazine rings is 1. The van der Waals surface area contributed by atoms with Gasteiger partial charge in [-0.25, -0.2) is 0 Å². The molecule has 0 aromatic carbocycles. The van der Waals surface area contributed by atoms with Gasteiger partial charge in [0.2, 0.25) is 17.7 Å². The minimum Gasteiger partial charge on any atom is -0.342 e. The Hall–Kier alpha value is -1.43. The van der Waals surface area contributed by atoms with Gasteiger partial charge in [0, 0.05) is 13.1 Å². The van der Waals surface area contributed by atoms with Crippen LogP contribution < -0.4 is 5.32 Å². The highest BCUT2D eigenvalue weighted by molar-refractivity contribution is 6.03. The van der Waals surface area contributed by atoms with Gasteiger partial charge in [0.25, 0.3) is 0 Å². The fourth-order valence-corrected chi connectivity index (χ4v) is 2.00. The number of amides is 3. The Labute approximate surface area is 107 Å². The first-order chi connectivity index (χ1) is 8.54. The minimum absolute atomic E-state index is 0.121. The maximum atomic E-state index is 12.0. The van der Waals surface area contributed by atoms with Crippen molar-refractivity contribution >= 4 is 17.7 Å². The van der Waals surface area contributed by atoms with Crippen LogP contribution in [0, 0.1) is 0 Å². The van der Waals surface area contributed by atoms with E-state index in [-0.39, 0.29) is 36.9 Å². The van der Waals surface area contributed by atoms with E-state index in [1.165, 1.54) is 0 Å². The standard InChI is InChI=1S/C12H21N3O3/c1-4-9-12(18)15(10(16)7-13-9)8-11(17)14(5-2)6-3/h9,13H,4-8H2,1-3H3. The molecule has 0 aliphatic carbocycles. The van der Waals surface area contributed by atoms with Crippen molar-refractivity contribution in [3.05, 3.63) is 0 Å². The molecule has 0 spiro atoms. The molecule has 0 aromatic rings. The predicted octanol–water partition coefficient (Wildman–Crippen LogP) is -0.408. The molecule has 3 amide bonds. The Morgan fingerprint density at radius 1 is 1.33 bits per heavy atom. The molecule has 6 heteroatoms. The largest absolute Gasteiger partial charge is 0.342 e. The number of nitrogens with one attached hydrogen (secondary N) is 1. The zero-order valence-corrected chi connectivity index (χ0v) is 11.2. The van der Waals surface area contributed by atoms with E-state index >= 15 is 0 Å². The van der Waals surface area contributed by atoms with Gasteiger partial charge in [0.15, 0.2) is 0 Å². The Morgan fingerprint density at radius 3 is 2.44 bits per heavy atom. The number of likely N-dealkylation sites (N-methyl/N-ethyl adjacent to an activating group) is 1. The molecule has 1 atom stereocenters. The maximum Gasteiger partial charge on any atom is 0.246 e. The number of imide groups is 1. The molecule has 1 saturated heterocycles. The van der Waals surface area contributed by atoms with Crippen molar-refractivity contribution in [2.75, 3.05) is 26.2 Å². The molecule has 1 heterocycles. The summed E-state index contributed by atoms with van der Waals surface area (Å²) in [6.45, 7) is 6.76. The van der Waals surface area contributed by atoms with E-state index in [4.69, 9.17) is 0 Å². The molecule has 0 aromatic heterocycles. The summed E-state index contributed by atoms with van der Waals surface area (Å²) in [7, 11) is 0. The van der Waals surface area contributed by atoms with Crippen LogP contribution in [0.4, 0.5) is 0 Å². The molecule has 1 aliphatic heterocycles. The van der Waals surface area contributed by atoms with Crippen LogP contribution in [-0.2, 0) is 14.4 Å². The number of hydrogen-bond acceptors (Lipinski definition) is 4. The van der Waals surface area contributed by atoms with E-state index in [2.05, 4.69) is 5.32 Å². The van der Waals surface area contributed by atoms with E-state index in [1.54, 1.807) is 4.90 Å². The monoisotopic (exact) mass is 255 g/mol. The third kappa shape index (κ3) is 3.07. The lowest BCUT2D eigenvalue weighted by atomic mass is 10.1. The highest BCUT2D eigenvalue weighted by atomic mass is 16.2. The third-order valence-corrected chi connectivity index (χ3v) is 3.18. The smallest absolute Gasteiger partial charge is 0.246 e. The summed E-state index contributed by atoms with van der Waals surface area (Å²) >= 11 is 0. The van der Waals surface area contributed by atoms with Gasteiger partial charge in [-0.05, 0) is 20.3 Å². The lowest BCUT2D eigenvalue weighted by Crippen LogP contribution is -2.59. The summed E-state index contributed by atoms with van der Waals surface area (Å²) in [5.41, 5.74) is 0. The average molecular weight is 255 g/mol. The predicted molar refractivity (Wildman–Crippen MR) is 66.7 cm³/mol.